The average molecular weight is 646 g/mol. The zero-order valence-corrected chi connectivity index (χ0v) is 22.6. The van der Waals surface area contributed by atoms with Gasteiger partial charge in [-0.1, -0.05) is 18.7 Å². The molecular formula is C21H25F6NO11S2. The largest absolute Gasteiger partial charge is 0.462 e. The summed E-state index contributed by atoms with van der Waals surface area (Å²) in [5.74, 6) is -9.50. The molecule has 0 bridgehead atoms. The monoisotopic (exact) mass is 645 g/mol. The molecule has 1 aromatic rings. The zero-order valence-electron chi connectivity index (χ0n) is 21.0. The lowest BCUT2D eigenvalue weighted by Gasteiger charge is -2.29. The van der Waals surface area contributed by atoms with E-state index < -0.39 is 60.6 Å². The summed E-state index contributed by atoms with van der Waals surface area (Å²) in [4.78, 5) is 22.8. The third kappa shape index (κ3) is 9.28. The van der Waals surface area contributed by atoms with Crippen molar-refractivity contribution < 1.29 is 76.1 Å². The molecule has 0 aliphatic heterocycles. The summed E-state index contributed by atoms with van der Waals surface area (Å²) in [6.45, 7) is 4.47. The Bertz CT molecular complexity index is 1300. The summed E-state index contributed by atoms with van der Waals surface area (Å²) in [7, 11) is -14.1. The first kappa shape index (κ1) is 36.1. The van der Waals surface area contributed by atoms with Crippen LogP contribution in [0.3, 0.4) is 0 Å². The number of hydrogen-bond acceptors (Lipinski definition) is 11. The maximum absolute atomic E-state index is 13.9. The van der Waals surface area contributed by atoms with E-state index in [4.69, 9.17) is 14.0 Å². The molecule has 1 atom stereocenters. The van der Waals surface area contributed by atoms with Gasteiger partial charge in [-0.2, -0.15) is 43.2 Å². The molecule has 0 saturated carbocycles. The molecule has 1 rings (SSSR count). The molecule has 41 heavy (non-hydrogen) atoms. The highest BCUT2D eigenvalue weighted by Crippen LogP contribution is 2.50. The van der Waals surface area contributed by atoms with E-state index in [9.17, 15) is 57.9 Å². The number of halogens is 6. The highest BCUT2D eigenvalue weighted by Gasteiger charge is 2.83. The topological polar surface area (TPSA) is 183 Å². The smallest absolute Gasteiger partial charge is 0.450 e. The Morgan fingerprint density at radius 3 is 2.02 bits per heavy atom. The van der Waals surface area contributed by atoms with Gasteiger partial charge in [0, 0.05) is 18.5 Å². The SMILES string of the molecule is C=C(C)C(=O)OCCOC(=O)CCC(O)NCCc1ccc(OS(=O)(=O)C(F)(F)C(F)(F)C(F)(F)S(=O)(=O)O)cc1. The van der Waals surface area contributed by atoms with Gasteiger partial charge in [0.2, 0.25) is 0 Å². The van der Waals surface area contributed by atoms with E-state index in [2.05, 4.69) is 16.1 Å². The van der Waals surface area contributed by atoms with Gasteiger partial charge in [-0.15, -0.1) is 0 Å². The van der Waals surface area contributed by atoms with Crippen molar-refractivity contribution in [1.29, 1.82) is 0 Å². The van der Waals surface area contributed by atoms with Crippen molar-refractivity contribution in [3.05, 3.63) is 42.0 Å². The Balaban J connectivity index is 2.59. The Kier molecular flexibility index (Phi) is 12.2. The molecule has 0 aliphatic carbocycles. The summed E-state index contributed by atoms with van der Waals surface area (Å²) >= 11 is 0. The quantitative estimate of drug-likeness (QED) is 0.0427. The van der Waals surface area contributed by atoms with E-state index in [0.29, 0.717) is 17.7 Å². The molecule has 1 unspecified atom stereocenters. The molecule has 0 aromatic heterocycles. The molecule has 0 aliphatic rings. The number of aliphatic hydroxyl groups is 1. The van der Waals surface area contributed by atoms with Crippen LogP contribution in [0.5, 0.6) is 5.75 Å². The summed E-state index contributed by atoms with van der Waals surface area (Å²) in [6.07, 6.45) is -1.36. The number of benzene rings is 1. The fraction of sp³-hybridized carbons (Fsp3) is 0.524. The predicted molar refractivity (Wildman–Crippen MR) is 126 cm³/mol. The number of alkyl halides is 6. The van der Waals surface area contributed by atoms with Crippen LogP contribution in [-0.4, -0.2) is 80.9 Å². The summed E-state index contributed by atoms with van der Waals surface area (Å²) in [5, 5.41) is -1.20. The van der Waals surface area contributed by atoms with Crippen LogP contribution in [0.2, 0.25) is 0 Å². The van der Waals surface area contributed by atoms with Crippen molar-refractivity contribution in [2.45, 2.75) is 48.8 Å². The van der Waals surface area contributed by atoms with Crippen LogP contribution in [-0.2, 0) is 45.7 Å². The van der Waals surface area contributed by atoms with E-state index in [1.54, 1.807) is 0 Å². The Labute approximate surface area is 230 Å². The van der Waals surface area contributed by atoms with E-state index in [1.807, 2.05) is 0 Å². The number of rotatable bonds is 17. The Morgan fingerprint density at radius 2 is 1.51 bits per heavy atom. The predicted octanol–water partition coefficient (Wildman–Crippen LogP) is 2.00. The lowest BCUT2D eigenvalue weighted by Crippen LogP contribution is -2.61. The molecule has 3 N–H and O–H groups in total. The molecule has 0 saturated heterocycles. The third-order valence-corrected chi connectivity index (χ3v) is 7.04. The van der Waals surface area contributed by atoms with Crippen LogP contribution in [0.1, 0.15) is 25.3 Å². The van der Waals surface area contributed by atoms with E-state index in [1.165, 1.54) is 6.92 Å². The van der Waals surface area contributed by atoms with Crippen LogP contribution < -0.4 is 9.50 Å². The fourth-order valence-corrected chi connectivity index (χ4v) is 4.03. The van der Waals surface area contributed by atoms with Crippen molar-refractivity contribution in [3.8, 4) is 5.75 Å². The second-order valence-corrected chi connectivity index (χ2v) is 11.2. The van der Waals surface area contributed by atoms with Crippen LogP contribution in [0.15, 0.2) is 36.4 Å². The summed E-state index contributed by atoms with van der Waals surface area (Å²) < 4.78 is 147. The fourth-order valence-electron chi connectivity index (χ4n) is 2.60. The van der Waals surface area contributed by atoms with Crippen molar-refractivity contribution in [1.82, 2.24) is 5.32 Å². The van der Waals surface area contributed by atoms with E-state index >= 15 is 0 Å². The lowest BCUT2D eigenvalue weighted by molar-refractivity contribution is -0.247. The van der Waals surface area contributed by atoms with Crippen LogP contribution in [0.4, 0.5) is 26.3 Å². The summed E-state index contributed by atoms with van der Waals surface area (Å²) in [5.41, 5.74) is 0.522. The molecule has 12 nitrogen and oxygen atoms in total. The van der Waals surface area contributed by atoms with Gasteiger partial charge in [0.25, 0.3) is 0 Å². The van der Waals surface area contributed by atoms with Gasteiger partial charge >= 0.3 is 48.6 Å². The molecule has 0 fully saturated rings. The van der Waals surface area contributed by atoms with Crippen LogP contribution in [0, 0.1) is 0 Å². The molecule has 0 amide bonds. The van der Waals surface area contributed by atoms with Crippen LogP contribution >= 0.6 is 0 Å². The van der Waals surface area contributed by atoms with Crippen LogP contribution in [0.25, 0.3) is 0 Å². The zero-order chi connectivity index (χ0) is 31.9. The standard InChI is InChI=1S/C21H25F6NO11S2/c1-13(2)18(31)38-12-11-37-17(30)8-7-16(29)28-10-9-14-3-5-15(6-4-14)39-41(35,36)21(26,27)19(22,23)20(24,25)40(32,33)34/h3-6,16,28-29H,1,7-12H2,2H3,(H,32,33,34). The first-order chi connectivity index (χ1) is 18.6. The van der Waals surface area contributed by atoms with E-state index in [-0.39, 0.29) is 44.6 Å². The molecule has 0 radical (unpaired) electrons. The summed E-state index contributed by atoms with van der Waals surface area (Å²) in [6, 6.07) is 3.53. The van der Waals surface area contributed by atoms with Gasteiger partial charge in [-0.05, 0) is 37.5 Å². The number of ether oxygens (including phenoxy) is 2. The van der Waals surface area contributed by atoms with Gasteiger partial charge < -0.3 is 18.8 Å². The van der Waals surface area contributed by atoms with Crippen molar-refractivity contribution in [2.24, 2.45) is 0 Å². The molecular weight excluding hydrogens is 620 g/mol. The molecule has 20 heteroatoms. The number of esters is 2. The minimum Gasteiger partial charge on any atom is -0.462 e. The van der Waals surface area contributed by atoms with Crippen molar-refractivity contribution in [3.63, 3.8) is 0 Å². The van der Waals surface area contributed by atoms with E-state index in [0.717, 1.165) is 12.1 Å². The first-order valence-electron chi connectivity index (χ1n) is 11.1. The minimum atomic E-state index is -7.16. The number of hydrogen-bond donors (Lipinski definition) is 3. The van der Waals surface area contributed by atoms with Crippen molar-refractivity contribution in [2.75, 3.05) is 19.8 Å². The molecule has 0 spiro atoms. The average Bonchev–Trinajstić information content (AvgIpc) is 2.85. The van der Waals surface area contributed by atoms with Crippen molar-refractivity contribution >= 4 is 32.2 Å². The minimum absolute atomic E-state index is 0.0561. The second-order valence-electron chi connectivity index (χ2n) is 8.16. The molecule has 0 heterocycles. The maximum atomic E-state index is 13.9. The molecule has 234 valence electrons. The van der Waals surface area contributed by atoms with Gasteiger partial charge in [-0.3, -0.25) is 14.7 Å². The normalized spacial score (nSPS) is 13.8. The van der Waals surface area contributed by atoms with Gasteiger partial charge in [-0.25, -0.2) is 4.79 Å². The second kappa shape index (κ2) is 13.8. The van der Waals surface area contributed by atoms with Gasteiger partial charge in [0.05, 0.1) is 0 Å². The maximum Gasteiger partial charge on any atom is 0.450 e. The third-order valence-electron chi connectivity index (χ3n) is 4.84. The number of nitrogens with one attached hydrogen (secondary N) is 1. The highest BCUT2D eigenvalue weighted by atomic mass is 32.2. The Morgan fingerprint density at radius 1 is 0.976 bits per heavy atom. The van der Waals surface area contributed by atoms with Gasteiger partial charge in [0.1, 0.15) is 25.2 Å². The molecule has 1 aromatic carbocycles. The Hall–Kier alpha value is -2.94. The number of aliphatic hydroxyl groups excluding tert-OH is 1. The van der Waals surface area contributed by atoms with Gasteiger partial charge in [0.15, 0.2) is 0 Å². The number of carbonyl (C=O) groups is 2. The number of carbonyl (C=O) groups excluding carboxylic acids is 2. The first-order valence-corrected chi connectivity index (χ1v) is 13.9. The lowest BCUT2D eigenvalue weighted by atomic mass is 10.1. The highest BCUT2D eigenvalue weighted by molar-refractivity contribution is 7.88.